The summed E-state index contributed by atoms with van der Waals surface area (Å²) in [4.78, 5) is 14.4. The number of carbonyl (C=O) groups is 1. The normalized spacial score (nSPS) is 22.1. The van der Waals surface area contributed by atoms with E-state index in [9.17, 15) is 4.79 Å². The molecule has 3 rings (SSSR count). The lowest BCUT2D eigenvalue weighted by molar-refractivity contribution is -0.112. The van der Waals surface area contributed by atoms with E-state index in [-0.39, 0.29) is 11.3 Å². The Labute approximate surface area is 112 Å². The molecule has 2 aliphatic heterocycles. The average molecular weight is 264 g/mol. The molecule has 1 aromatic heterocycles. The summed E-state index contributed by atoms with van der Waals surface area (Å²) in [6, 6.07) is 0. The minimum absolute atomic E-state index is 0.0635. The van der Waals surface area contributed by atoms with Gasteiger partial charge in [0.2, 0.25) is 0 Å². The molecule has 6 heteroatoms. The molecule has 0 saturated carbocycles. The number of piperidine rings is 1. The first-order valence-electron chi connectivity index (χ1n) is 6.93. The molecule has 2 fully saturated rings. The highest BCUT2D eigenvalue weighted by atomic mass is 16.5. The van der Waals surface area contributed by atoms with Gasteiger partial charge in [0, 0.05) is 18.5 Å². The van der Waals surface area contributed by atoms with E-state index in [1.54, 1.807) is 10.9 Å². The smallest absolute Gasteiger partial charge is 0.273 e. The van der Waals surface area contributed by atoms with Crippen LogP contribution in [0, 0.1) is 5.41 Å². The fourth-order valence-electron chi connectivity index (χ4n) is 2.70. The fourth-order valence-corrected chi connectivity index (χ4v) is 2.70. The van der Waals surface area contributed by atoms with Crippen molar-refractivity contribution in [2.75, 3.05) is 26.3 Å². The molecule has 3 heterocycles. The first-order chi connectivity index (χ1) is 9.18. The first-order valence-corrected chi connectivity index (χ1v) is 6.93. The van der Waals surface area contributed by atoms with Crippen LogP contribution >= 0.6 is 0 Å². The lowest BCUT2D eigenvalue weighted by atomic mass is 9.89. The Hall–Kier alpha value is -1.43. The molecule has 2 aliphatic rings. The van der Waals surface area contributed by atoms with Crippen LogP contribution in [0.1, 0.15) is 36.7 Å². The molecule has 6 nitrogen and oxygen atoms in total. The second kappa shape index (κ2) is 4.92. The molecule has 0 spiro atoms. The first kappa shape index (κ1) is 12.6. The van der Waals surface area contributed by atoms with Gasteiger partial charge in [-0.2, -0.15) is 0 Å². The third-order valence-corrected chi connectivity index (χ3v) is 3.91. The maximum Gasteiger partial charge on any atom is 0.273 e. The van der Waals surface area contributed by atoms with Gasteiger partial charge in [-0.05, 0) is 19.3 Å². The molecule has 0 N–H and O–H groups in total. The van der Waals surface area contributed by atoms with Gasteiger partial charge in [-0.3, -0.25) is 4.79 Å². The summed E-state index contributed by atoms with van der Waals surface area (Å²) >= 11 is 0. The van der Waals surface area contributed by atoms with Crippen LogP contribution in [0.15, 0.2) is 6.20 Å². The monoisotopic (exact) mass is 264 g/mol. The van der Waals surface area contributed by atoms with Gasteiger partial charge in [0.15, 0.2) is 0 Å². The molecule has 0 atom stereocenters. The molecule has 1 aromatic rings. The zero-order chi connectivity index (χ0) is 13.3. The van der Waals surface area contributed by atoms with E-state index in [1.165, 1.54) is 6.42 Å². The van der Waals surface area contributed by atoms with Crippen LogP contribution in [0.5, 0.6) is 0 Å². The summed E-state index contributed by atoms with van der Waals surface area (Å²) in [6.07, 6.45) is 4.99. The van der Waals surface area contributed by atoms with E-state index >= 15 is 0 Å². The van der Waals surface area contributed by atoms with Gasteiger partial charge in [0.1, 0.15) is 5.69 Å². The third-order valence-electron chi connectivity index (χ3n) is 3.91. The van der Waals surface area contributed by atoms with Crippen molar-refractivity contribution in [3.63, 3.8) is 0 Å². The van der Waals surface area contributed by atoms with Crippen LogP contribution in [0.25, 0.3) is 0 Å². The number of nitrogens with zero attached hydrogens (tertiary/aromatic N) is 4. The highest BCUT2D eigenvalue weighted by molar-refractivity contribution is 5.92. The number of ether oxygens (including phenoxy) is 1. The van der Waals surface area contributed by atoms with Crippen molar-refractivity contribution in [2.24, 2.45) is 5.41 Å². The van der Waals surface area contributed by atoms with Crippen molar-refractivity contribution in [3.05, 3.63) is 11.9 Å². The van der Waals surface area contributed by atoms with Crippen LogP contribution in [0.3, 0.4) is 0 Å². The molecule has 2 saturated heterocycles. The van der Waals surface area contributed by atoms with Gasteiger partial charge in [0.05, 0.1) is 26.0 Å². The summed E-state index contributed by atoms with van der Waals surface area (Å²) in [7, 11) is 0. The van der Waals surface area contributed by atoms with Gasteiger partial charge in [-0.1, -0.05) is 12.1 Å². The summed E-state index contributed by atoms with van der Waals surface area (Å²) in [5.74, 6) is 0.0635. The second-order valence-electron chi connectivity index (χ2n) is 5.93. The van der Waals surface area contributed by atoms with E-state index in [1.807, 2.05) is 4.90 Å². The van der Waals surface area contributed by atoms with E-state index in [0.29, 0.717) is 12.2 Å². The van der Waals surface area contributed by atoms with E-state index in [0.717, 1.165) is 39.1 Å². The second-order valence-corrected chi connectivity index (χ2v) is 5.93. The molecule has 0 aromatic carbocycles. The number of carbonyl (C=O) groups excluding carboxylic acids is 1. The predicted molar refractivity (Wildman–Crippen MR) is 68.7 cm³/mol. The van der Waals surface area contributed by atoms with Crippen LogP contribution in [0.2, 0.25) is 0 Å². The fraction of sp³-hybridized carbons (Fsp3) is 0.769. The van der Waals surface area contributed by atoms with Crippen LogP contribution in [-0.4, -0.2) is 52.1 Å². The Morgan fingerprint density at radius 3 is 2.74 bits per heavy atom. The van der Waals surface area contributed by atoms with Gasteiger partial charge in [-0.15, -0.1) is 5.10 Å². The number of hydrogen-bond donors (Lipinski definition) is 0. The quantitative estimate of drug-likeness (QED) is 0.815. The molecule has 0 radical (unpaired) electrons. The van der Waals surface area contributed by atoms with Gasteiger partial charge in [0.25, 0.3) is 5.91 Å². The minimum atomic E-state index is 0.0635. The van der Waals surface area contributed by atoms with E-state index in [2.05, 4.69) is 17.2 Å². The molecule has 104 valence electrons. The molecular weight excluding hydrogens is 244 g/mol. The number of likely N-dealkylation sites (tertiary alicyclic amines) is 1. The number of aromatic nitrogens is 3. The van der Waals surface area contributed by atoms with Crippen LogP contribution in [0.4, 0.5) is 0 Å². The van der Waals surface area contributed by atoms with Gasteiger partial charge >= 0.3 is 0 Å². The molecule has 1 amide bonds. The Balaban J connectivity index is 1.73. The lowest BCUT2D eigenvalue weighted by Crippen LogP contribution is -2.44. The summed E-state index contributed by atoms with van der Waals surface area (Å²) < 4.78 is 6.98. The van der Waals surface area contributed by atoms with Gasteiger partial charge < -0.3 is 9.64 Å². The lowest BCUT2D eigenvalue weighted by Gasteiger charge is -2.38. The van der Waals surface area contributed by atoms with E-state index < -0.39 is 0 Å². The zero-order valence-electron chi connectivity index (χ0n) is 11.3. The third kappa shape index (κ3) is 2.49. The van der Waals surface area contributed by atoms with Gasteiger partial charge in [-0.25, -0.2) is 4.68 Å². The van der Waals surface area contributed by atoms with Crippen LogP contribution in [-0.2, 0) is 11.3 Å². The minimum Gasteiger partial charge on any atom is -0.380 e. The SMILES string of the molecule is CC1(Cn2nncc2C(=O)N2CCCCC2)COC1. The Kier molecular flexibility index (Phi) is 3.26. The molecule has 0 aliphatic carbocycles. The summed E-state index contributed by atoms with van der Waals surface area (Å²) in [5.41, 5.74) is 0.694. The maximum absolute atomic E-state index is 12.5. The van der Waals surface area contributed by atoms with Crippen molar-refractivity contribution >= 4 is 5.91 Å². The van der Waals surface area contributed by atoms with Crippen molar-refractivity contribution in [3.8, 4) is 0 Å². The molecule has 19 heavy (non-hydrogen) atoms. The van der Waals surface area contributed by atoms with E-state index in [4.69, 9.17) is 4.74 Å². The molecular formula is C13H20N4O2. The highest BCUT2D eigenvalue weighted by Crippen LogP contribution is 2.28. The van der Waals surface area contributed by atoms with Crippen molar-refractivity contribution in [2.45, 2.75) is 32.7 Å². The maximum atomic E-state index is 12.5. The van der Waals surface area contributed by atoms with Crippen molar-refractivity contribution in [1.29, 1.82) is 0 Å². The topological polar surface area (TPSA) is 60.2 Å². The van der Waals surface area contributed by atoms with Crippen molar-refractivity contribution < 1.29 is 9.53 Å². The number of hydrogen-bond acceptors (Lipinski definition) is 4. The Morgan fingerprint density at radius 1 is 1.37 bits per heavy atom. The number of amides is 1. The summed E-state index contributed by atoms with van der Waals surface area (Å²) in [5, 5.41) is 7.97. The Bertz CT molecular complexity index is 461. The molecule has 0 unspecified atom stereocenters. The largest absolute Gasteiger partial charge is 0.380 e. The Morgan fingerprint density at radius 2 is 2.11 bits per heavy atom. The standard InChI is InChI=1S/C13H20N4O2/c1-13(9-19-10-13)8-17-11(7-14-15-17)12(18)16-5-3-2-4-6-16/h7H,2-6,8-10H2,1H3. The van der Waals surface area contributed by atoms with Crippen molar-refractivity contribution in [1.82, 2.24) is 19.9 Å². The predicted octanol–water partition coefficient (Wildman–Crippen LogP) is 0.941. The number of rotatable bonds is 3. The molecule has 0 bridgehead atoms. The van der Waals surface area contributed by atoms with Crippen LogP contribution < -0.4 is 0 Å². The zero-order valence-corrected chi connectivity index (χ0v) is 11.3. The highest BCUT2D eigenvalue weighted by Gasteiger charge is 2.35. The summed E-state index contributed by atoms with van der Waals surface area (Å²) in [6.45, 7) is 6.00. The average Bonchev–Trinajstić information content (AvgIpc) is 2.85.